The lowest BCUT2D eigenvalue weighted by Crippen LogP contribution is -2.38. The second-order valence-corrected chi connectivity index (χ2v) is 6.30. The molecule has 0 saturated carbocycles. The van der Waals surface area contributed by atoms with Crippen molar-refractivity contribution in [3.8, 4) is 11.1 Å². The average Bonchev–Trinajstić information content (AvgIpc) is 3.26. The van der Waals surface area contributed by atoms with Gasteiger partial charge in [-0.2, -0.15) is 11.3 Å². The summed E-state index contributed by atoms with van der Waals surface area (Å²) in [5.41, 5.74) is 1.53. The molecule has 2 N–H and O–H groups in total. The summed E-state index contributed by atoms with van der Waals surface area (Å²) >= 11 is 1.64. The lowest BCUT2D eigenvalue weighted by atomic mass is 10.0. The lowest BCUT2D eigenvalue weighted by molar-refractivity contribution is 0.0330. The van der Waals surface area contributed by atoms with Gasteiger partial charge in [0.25, 0.3) is 5.91 Å². The molecular formula is C18H17NO3S. The number of thiophene rings is 1. The summed E-state index contributed by atoms with van der Waals surface area (Å²) < 4.78 is 5.19. The van der Waals surface area contributed by atoms with Crippen LogP contribution >= 0.6 is 11.3 Å². The fraction of sp³-hybridized carbons (Fsp3) is 0.167. The molecule has 0 spiro atoms. The summed E-state index contributed by atoms with van der Waals surface area (Å²) in [6.45, 7) is 1.68. The lowest BCUT2D eigenvalue weighted by Gasteiger charge is -2.21. The van der Waals surface area contributed by atoms with Crippen LogP contribution in [0.15, 0.2) is 63.9 Å². The van der Waals surface area contributed by atoms with E-state index in [0.29, 0.717) is 11.3 Å². The summed E-state index contributed by atoms with van der Waals surface area (Å²) in [6.07, 6.45) is 1.49. The Hall–Kier alpha value is -2.37. The molecule has 0 aliphatic rings. The number of carbonyl (C=O) groups is 1. The second kappa shape index (κ2) is 6.40. The summed E-state index contributed by atoms with van der Waals surface area (Å²) in [4.78, 5) is 12.2. The minimum absolute atomic E-state index is 0.0750. The Labute approximate surface area is 138 Å². The zero-order valence-electron chi connectivity index (χ0n) is 12.7. The maximum atomic E-state index is 12.2. The maximum absolute atomic E-state index is 12.2. The van der Waals surface area contributed by atoms with Crippen LogP contribution < -0.4 is 5.32 Å². The number of amides is 1. The molecule has 0 aliphatic carbocycles. The highest BCUT2D eigenvalue weighted by atomic mass is 32.1. The molecule has 23 heavy (non-hydrogen) atoms. The first kappa shape index (κ1) is 15.5. The van der Waals surface area contributed by atoms with E-state index in [9.17, 15) is 9.90 Å². The smallest absolute Gasteiger partial charge is 0.251 e. The SMILES string of the molecule is C[C@](O)(CNC(=O)c1ccc(-c2ccsc2)cc1)c1ccco1. The maximum Gasteiger partial charge on any atom is 0.251 e. The summed E-state index contributed by atoms with van der Waals surface area (Å²) in [5, 5.41) is 17.2. The number of aliphatic hydroxyl groups is 1. The Kier molecular flexibility index (Phi) is 4.32. The molecule has 1 aromatic carbocycles. The quantitative estimate of drug-likeness (QED) is 0.752. The van der Waals surface area contributed by atoms with Gasteiger partial charge in [-0.25, -0.2) is 0 Å². The zero-order valence-corrected chi connectivity index (χ0v) is 13.5. The van der Waals surface area contributed by atoms with Crippen LogP contribution in [0.5, 0.6) is 0 Å². The van der Waals surface area contributed by atoms with Gasteiger partial charge >= 0.3 is 0 Å². The minimum atomic E-state index is -1.24. The van der Waals surface area contributed by atoms with Crippen molar-refractivity contribution in [3.05, 3.63) is 70.8 Å². The van der Waals surface area contributed by atoms with Gasteiger partial charge in [-0.15, -0.1) is 0 Å². The standard InChI is InChI=1S/C18H17NO3S/c1-18(21,16-3-2-9-22-16)12-19-17(20)14-6-4-13(5-7-14)15-8-10-23-11-15/h2-11,21H,12H2,1H3,(H,19,20)/t18-/m0/s1. The van der Waals surface area contributed by atoms with Crippen LogP contribution in [-0.4, -0.2) is 17.6 Å². The van der Waals surface area contributed by atoms with Gasteiger partial charge in [0.1, 0.15) is 11.4 Å². The number of hydrogen-bond acceptors (Lipinski definition) is 4. The molecule has 5 heteroatoms. The van der Waals surface area contributed by atoms with Gasteiger partial charge in [-0.05, 0) is 59.1 Å². The molecule has 1 amide bonds. The molecule has 0 saturated heterocycles. The monoisotopic (exact) mass is 327 g/mol. The van der Waals surface area contributed by atoms with E-state index in [4.69, 9.17) is 4.42 Å². The molecule has 0 aliphatic heterocycles. The van der Waals surface area contributed by atoms with Crippen molar-refractivity contribution in [2.24, 2.45) is 0 Å². The first-order valence-corrected chi connectivity index (χ1v) is 8.18. The fourth-order valence-corrected chi connectivity index (χ4v) is 2.93. The predicted octanol–water partition coefficient (Wildman–Crippen LogP) is 3.65. The van der Waals surface area contributed by atoms with E-state index in [0.717, 1.165) is 11.1 Å². The van der Waals surface area contributed by atoms with Gasteiger partial charge in [0, 0.05) is 5.56 Å². The van der Waals surface area contributed by atoms with Crippen LogP contribution in [0.4, 0.5) is 0 Å². The van der Waals surface area contributed by atoms with Crippen molar-refractivity contribution in [2.75, 3.05) is 6.54 Å². The van der Waals surface area contributed by atoms with Crippen molar-refractivity contribution >= 4 is 17.2 Å². The topological polar surface area (TPSA) is 62.5 Å². The Balaban J connectivity index is 1.64. The van der Waals surface area contributed by atoms with Gasteiger partial charge in [0.15, 0.2) is 0 Å². The van der Waals surface area contributed by atoms with Crippen LogP contribution in [0.25, 0.3) is 11.1 Å². The third-order valence-corrected chi connectivity index (χ3v) is 4.33. The van der Waals surface area contributed by atoms with E-state index in [1.807, 2.05) is 23.6 Å². The number of benzene rings is 1. The Morgan fingerprint density at radius 2 is 2.00 bits per heavy atom. The fourth-order valence-electron chi connectivity index (χ4n) is 2.27. The summed E-state index contributed by atoms with van der Waals surface area (Å²) in [7, 11) is 0. The predicted molar refractivity (Wildman–Crippen MR) is 90.4 cm³/mol. The van der Waals surface area contributed by atoms with Gasteiger partial charge in [-0.1, -0.05) is 12.1 Å². The molecule has 0 unspecified atom stereocenters. The van der Waals surface area contributed by atoms with Crippen LogP contribution in [0.3, 0.4) is 0 Å². The Morgan fingerprint density at radius 1 is 1.22 bits per heavy atom. The van der Waals surface area contributed by atoms with Crippen LogP contribution in [0.1, 0.15) is 23.0 Å². The van der Waals surface area contributed by atoms with Gasteiger partial charge in [0.2, 0.25) is 0 Å². The molecule has 3 aromatic rings. The van der Waals surface area contributed by atoms with E-state index in [1.165, 1.54) is 6.26 Å². The molecule has 0 bridgehead atoms. The molecule has 4 nitrogen and oxygen atoms in total. The number of nitrogens with one attached hydrogen (secondary N) is 1. The zero-order chi connectivity index (χ0) is 16.3. The van der Waals surface area contributed by atoms with E-state index < -0.39 is 5.60 Å². The first-order chi connectivity index (χ1) is 11.1. The molecule has 3 rings (SSSR count). The number of carbonyl (C=O) groups excluding carboxylic acids is 1. The molecule has 0 radical (unpaired) electrons. The van der Waals surface area contributed by atoms with E-state index in [2.05, 4.69) is 10.7 Å². The molecule has 1 atom stereocenters. The minimum Gasteiger partial charge on any atom is -0.466 e. The third-order valence-electron chi connectivity index (χ3n) is 3.65. The van der Waals surface area contributed by atoms with Gasteiger partial charge < -0.3 is 14.8 Å². The third kappa shape index (κ3) is 3.52. The van der Waals surface area contributed by atoms with E-state index >= 15 is 0 Å². The molecule has 2 heterocycles. The summed E-state index contributed by atoms with van der Waals surface area (Å²) in [6, 6.07) is 12.8. The number of rotatable bonds is 5. The highest BCUT2D eigenvalue weighted by Gasteiger charge is 2.26. The van der Waals surface area contributed by atoms with E-state index in [-0.39, 0.29) is 12.5 Å². The van der Waals surface area contributed by atoms with E-state index in [1.54, 1.807) is 42.5 Å². The van der Waals surface area contributed by atoms with Gasteiger partial charge in [0.05, 0.1) is 12.8 Å². The average molecular weight is 327 g/mol. The number of hydrogen-bond donors (Lipinski definition) is 2. The van der Waals surface area contributed by atoms with Crippen LogP contribution in [-0.2, 0) is 5.60 Å². The number of furan rings is 1. The molecule has 118 valence electrons. The highest BCUT2D eigenvalue weighted by molar-refractivity contribution is 7.08. The van der Waals surface area contributed by atoms with Crippen molar-refractivity contribution < 1.29 is 14.3 Å². The summed E-state index contributed by atoms with van der Waals surface area (Å²) in [5.74, 6) is 0.194. The van der Waals surface area contributed by atoms with Crippen LogP contribution in [0, 0.1) is 0 Å². The van der Waals surface area contributed by atoms with Crippen molar-refractivity contribution in [2.45, 2.75) is 12.5 Å². The largest absolute Gasteiger partial charge is 0.466 e. The Morgan fingerprint density at radius 3 is 2.61 bits per heavy atom. The Bertz CT molecular complexity index is 759. The molecule has 2 aromatic heterocycles. The second-order valence-electron chi connectivity index (χ2n) is 5.52. The molecular weight excluding hydrogens is 310 g/mol. The van der Waals surface area contributed by atoms with Crippen LogP contribution in [0.2, 0.25) is 0 Å². The van der Waals surface area contributed by atoms with Crippen molar-refractivity contribution in [1.29, 1.82) is 0 Å². The van der Waals surface area contributed by atoms with Gasteiger partial charge in [-0.3, -0.25) is 4.79 Å². The first-order valence-electron chi connectivity index (χ1n) is 7.23. The normalized spacial score (nSPS) is 13.5. The molecule has 0 fully saturated rings. The highest BCUT2D eigenvalue weighted by Crippen LogP contribution is 2.23. The van der Waals surface area contributed by atoms with Crippen molar-refractivity contribution in [3.63, 3.8) is 0 Å². The van der Waals surface area contributed by atoms with Crippen molar-refractivity contribution in [1.82, 2.24) is 5.32 Å².